The summed E-state index contributed by atoms with van der Waals surface area (Å²) in [7, 11) is 0. The van der Waals surface area contributed by atoms with Crippen LogP contribution in [0.5, 0.6) is 0 Å². The van der Waals surface area contributed by atoms with Gasteiger partial charge in [-0.2, -0.15) is 5.10 Å². The van der Waals surface area contributed by atoms with Crippen molar-refractivity contribution in [2.75, 3.05) is 5.32 Å². The number of carbonyl (C=O) groups excluding carboxylic acids is 1. The first-order valence-corrected chi connectivity index (χ1v) is 5.79. The van der Waals surface area contributed by atoms with Gasteiger partial charge in [0.25, 0.3) is 0 Å². The maximum atomic E-state index is 11.7. The fourth-order valence-electron chi connectivity index (χ4n) is 1.41. The molecule has 0 atom stereocenters. The Morgan fingerprint density at radius 2 is 2.38 bits per heavy atom. The molecule has 0 fully saturated rings. The Hall–Kier alpha value is -1.69. The van der Waals surface area contributed by atoms with Gasteiger partial charge in [-0.1, -0.05) is 0 Å². The van der Waals surface area contributed by atoms with E-state index >= 15 is 0 Å². The summed E-state index contributed by atoms with van der Waals surface area (Å²) >= 11 is 1.49. The van der Waals surface area contributed by atoms with Crippen LogP contribution in [-0.4, -0.2) is 21.1 Å². The number of anilines is 1. The molecule has 84 valence electrons. The van der Waals surface area contributed by atoms with Gasteiger partial charge in [0.2, 0.25) is 5.91 Å². The van der Waals surface area contributed by atoms with E-state index in [-0.39, 0.29) is 5.91 Å². The van der Waals surface area contributed by atoms with Gasteiger partial charge in [-0.15, -0.1) is 11.3 Å². The first kappa shape index (κ1) is 10.8. The number of aryl methyl sites for hydroxylation is 2. The van der Waals surface area contributed by atoms with Crippen LogP contribution in [0.3, 0.4) is 0 Å². The maximum absolute atomic E-state index is 11.7. The number of nitrogens with one attached hydrogen (secondary N) is 2. The van der Waals surface area contributed by atoms with Crippen LogP contribution in [-0.2, 0) is 11.2 Å². The average Bonchev–Trinajstić information content (AvgIpc) is 2.83. The lowest BCUT2D eigenvalue weighted by molar-refractivity contribution is -0.115. The van der Waals surface area contributed by atoms with E-state index in [4.69, 9.17) is 0 Å². The van der Waals surface area contributed by atoms with E-state index in [0.717, 1.165) is 22.8 Å². The molecule has 0 saturated carbocycles. The van der Waals surface area contributed by atoms with E-state index < -0.39 is 0 Å². The summed E-state index contributed by atoms with van der Waals surface area (Å²) < 4.78 is 0. The number of nitrogens with zero attached hydrogens (tertiary/aromatic N) is 2. The molecule has 0 radical (unpaired) electrons. The van der Waals surface area contributed by atoms with Gasteiger partial charge in [-0.05, 0) is 13.8 Å². The van der Waals surface area contributed by atoms with Crippen molar-refractivity contribution in [1.82, 2.24) is 15.2 Å². The second-order valence-electron chi connectivity index (χ2n) is 3.51. The van der Waals surface area contributed by atoms with Crippen LogP contribution in [0.15, 0.2) is 10.9 Å². The minimum absolute atomic E-state index is 0.0708. The lowest BCUT2D eigenvalue weighted by atomic mass is 10.3. The van der Waals surface area contributed by atoms with Gasteiger partial charge in [0.15, 0.2) is 0 Å². The van der Waals surface area contributed by atoms with Crippen LogP contribution in [0.2, 0.25) is 0 Å². The molecule has 6 heteroatoms. The summed E-state index contributed by atoms with van der Waals surface area (Å²) in [4.78, 5) is 15.8. The molecule has 2 rings (SSSR count). The van der Waals surface area contributed by atoms with Crippen LogP contribution in [0, 0.1) is 13.8 Å². The normalized spacial score (nSPS) is 10.4. The number of amides is 1. The zero-order chi connectivity index (χ0) is 11.5. The number of aromatic amines is 1. The number of thiazole rings is 1. The molecule has 1 amide bonds. The highest BCUT2D eigenvalue weighted by Crippen LogP contribution is 2.16. The minimum Gasteiger partial charge on any atom is -0.323 e. The second kappa shape index (κ2) is 4.44. The Bertz CT molecular complexity index is 469. The van der Waals surface area contributed by atoms with Crippen LogP contribution < -0.4 is 5.32 Å². The molecular weight excluding hydrogens is 224 g/mol. The van der Waals surface area contributed by atoms with Crippen molar-refractivity contribution in [2.45, 2.75) is 20.3 Å². The van der Waals surface area contributed by atoms with E-state index in [0.29, 0.717) is 6.42 Å². The largest absolute Gasteiger partial charge is 0.323 e. The summed E-state index contributed by atoms with van der Waals surface area (Å²) in [5.74, 6) is -0.0708. The quantitative estimate of drug-likeness (QED) is 0.851. The molecule has 0 bridgehead atoms. The molecule has 0 aliphatic rings. The summed E-state index contributed by atoms with van der Waals surface area (Å²) in [5, 5.41) is 11.5. The number of hydrogen-bond acceptors (Lipinski definition) is 4. The average molecular weight is 236 g/mol. The molecule has 2 heterocycles. The Kier molecular flexibility index (Phi) is 3.00. The van der Waals surface area contributed by atoms with Crippen LogP contribution in [0.25, 0.3) is 0 Å². The number of carbonyl (C=O) groups is 1. The highest BCUT2D eigenvalue weighted by atomic mass is 32.1. The third-order valence-electron chi connectivity index (χ3n) is 2.22. The van der Waals surface area contributed by atoms with Gasteiger partial charge in [-0.25, -0.2) is 4.98 Å². The molecule has 2 aromatic rings. The van der Waals surface area contributed by atoms with Crippen molar-refractivity contribution in [2.24, 2.45) is 0 Å². The molecule has 0 saturated heterocycles. The van der Waals surface area contributed by atoms with Crippen molar-refractivity contribution in [1.29, 1.82) is 0 Å². The summed E-state index contributed by atoms with van der Waals surface area (Å²) in [6, 6.07) is 0. The summed E-state index contributed by atoms with van der Waals surface area (Å²) in [5.41, 5.74) is 4.94. The molecule has 5 nitrogen and oxygen atoms in total. The minimum atomic E-state index is -0.0708. The Labute approximate surface area is 96.9 Å². The van der Waals surface area contributed by atoms with E-state index in [9.17, 15) is 4.79 Å². The smallest absolute Gasteiger partial charge is 0.230 e. The van der Waals surface area contributed by atoms with Crippen molar-refractivity contribution >= 4 is 22.9 Å². The molecule has 0 aliphatic carbocycles. The van der Waals surface area contributed by atoms with Crippen LogP contribution in [0.4, 0.5) is 5.69 Å². The van der Waals surface area contributed by atoms with Gasteiger partial charge in [0.05, 0.1) is 34.7 Å². The van der Waals surface area contributed by atoms with Gasteiger partial charge in [0, 0.05) is 5.38 Å². The Morgan fingerprint density at radius 3 is 2.94 bits per heavy atom. The second-order valence-corrected chi connectivity index (χ2v) is 4.23. The van der Waals surface area contributed by atoms with Crippen molar-refractivity contribution in [3.05, 3.63) is 28.0 Å². The Balaban J connectivity index is 2.03. The van der Waals surface area contributed by atoms with E-state index in [1.807, 2.05) is 19.2 Å². The van der Waals surface area contributed by atoms with Gasteiger partial charge in [0.1, 0.15) is 0 Å². The fourth-order valence-corrected chi connectivity index (χ4v) is 1.97. The van der Waals surface area contributed by atoms with Crippen LogP contribution >= 0.6 is 11.3 Å². The third-order valence-corrected chi connectivity index (χ3v) is 2.85. The van der Waals surface area contributed by atoms with Gasteiger partial charge in [-0.3, -0.25) is 9.89 Å². The van der Waals surface area contributed by atoms with Gasteiger partial charge >= 0.3 is 0 Å². The molecule has 0 aromatic carbocycles. The molecular formula is C10H12N4OS. The first-order valence-electron chi connectivity index (χ1n) is 4.85. The third kappa shape index (κ3) is 2.27. The maximum Gasteiger partial charge on any atom is 0.230 e. The van der Waals surface area contributed by atoms with E-state index in [2.05, 4.69) is 20.5 Å². The SMILES string of the molecule is Cc1n[nH]c(C)c1NC(=O)Cc1cscn1. The summed E-state index contributed by atoms with van der Waals surface area (Å²) in [6.45, 7) is 3.72. The van der Waals surface area contributed by atoms with Crippen molar-refractivity contribution < 1.29 is 4.79 Å². The monoisotopic (exact) mass is 236 g/mol. The predicted molar refractivity (Wildman–Crippen MR) is 62.5 cm³/mol. The van der Waals surface area contributed by atoms with E-state index in [1.165, 1.54) is 11.3 Å². The zero-order valence-electron chi connectivity index (χ0n) is 9.07. The molecule has 2 aromatic heterocycles. The molecule has 0 spiro atoms. The number of hydrogen-bond donors (Lipinski definition) is 2. The van der Waals surface area contributed by atoms with Crippen LogP contribution in [0.1, 0.15) is 17.1 Å². The molecule has 0 unspecified atom stereocenters. The highest BCUT2D eigenvalue weighted by Gasteiger charge is 2.11. The number of H-pyrrole nitrogens is 1. The van der Waals surface area contributed by atoms with Crippen molar-refractivity contribution in [3.63, 3.8) is 0 Å². The number of aromatic nitrogens is 3. The lowest BCUT2D eigenvalue weighted by Crippen LogP contribution is -2.15. The summed E-state index contributed by atoms with van der Waals surface area (Å²) in [6.07, 6.45) is 0.299. The Morgan fingerprint density at radius 1 is 1.56 bits per heavy atom. The predicted octanol–water partition coefficient (Wildman–Crippen LogP) is 1.66. The first-order chi connectivity index (χ1) is 7.66. The van der Waals surface area contributed by atoms with E-state index in [1.54, 1.807) is 5.51 Å². The lowest BCUT2D eigenvalue weighted by Gasteiger charge is -2.03. The van der Waals surface area contributed by atoms with Gasteiger partial charge < -0.3 is 5.32 Å². The highest BCUT2D eigenvalue weighted by molar-refractivity contribution is 7.07. The molecule has 16 heavy (non-hydrogen) atoms. The standard InChI is InChI=1S/C10H12N4OS/c1-6-10(7(2)14-13-6)12-9(15)3-8-4-16-5-11-8/h4-5H,3H2,1-2H3,(H,12,15)(H,13,14). The zero-order valence-corrected chi connectivity index (χ0v) is 9.89. The van der Waals surface area contributed by atoms with Crippen molar-refractivity contribution in [3.8, 4) is 0 Å². The number of rotatable bonds is 3. The molecule has 0 aliphatic heterocycles. The fraction of sp³-hybridized carbons (Fsp3) is 0.300. The molecule has 2 N–H and O–H groups in total. The topological polar surface area (TPSA) is 70.7 Å².